The molecule has 0 radical (unpaired) electrons. The van der Waals surface area contributed by atoms with Crippen LogP contribution in [-0.2, 0) is 32.6 Å². The smallest absolute Gasteiger partial charge is 0.262 e. The number of amides is 1. The average molecular weight is 464 g/mol. The molecule has 1 heterocycles. The number of rotatable bonds is 9. The lowest BCUT2D eigenvalue weighted by atomic mass is 9.60. The van der Waals surface area contributed by atoms with Crippen molar-refractivity contribution in [2.45, 2.75) is 63.8 Å². The second-order valence-corrected chi connectivity index (χ2v) is 9.64. The normalized spacial score (nSPS) is 28.9. The zero-order chi connectivity index (χ0) is 23.6. The Bertz CT molecular complexity index is 899. The van der Waals surface area contributed by atoms with Crippen molar-refractivity contribution in [1.29, 1.82) is 0 Å². The van der Waals surface area contributed by atoms with Crippen LogP contribution in [0.3, 0.4) is 0 Å². The lowest BCUT2D eigenvalue weighted by Gasteiger charge is -2.45. The molecule has 1 aliphatic heterocycles. The van der Waals surface area contributed by atoms with E-state index in [1.807, 2.05) is 6.92 Å². The molecule has 8 heteroatoms. The van der Waals surface area contributed by atoms with Crippen LogP contribution in [0.5, 0.6) is 0 Å². The van der Waals surface area contributed by atoms with Gasteiger partial charge in [0.1, 0.15) is 0 Å². The first kappa shape index (κ1) is 24.1. The highest BCUT2D eigenvalue weighted by molar-refractivity contribution is 6.08. The van der Waals surface area contributed by atoms with Crippen LogP contribution in [0.1, 0.15) is 55.7 Å². The van der Waals surface area contributed by atoms with Crippen LogP contribution in [0.4, 0.5) is 8.78 Å². The van der Waals surface area contributed by atoms with Crippen molar-refractivity contribution in [3.05, 3.63) is 34.9 Å². The van der Waals surface area contributed by atoms with Crippen molar-refractivity contribution in [2.75, 3.05) is 33.5 Å². The molecule has 2 N–H and O–H groups in total. The fraction of sp³-hybridized carbons (Fsp3) is 0.680. The molecule has 1 aromatic rings. The monoisotopic (exact) mass is 463 g/mol. The molecule has 6 nitrogen and oxygen atoms in total. The quantitative estimate of drug-likeness (QED) is 0.567. The number of benzene rings is 1. The Kier molecular flexibility index (Phi) is 7.05. The molecule has 4 rings (SSSR count). The van der Waals surface area contributed by atoms with Crippen LogP contribution in [0.2, 0.25) is 0 Å². The summed E-state index contributed by atoms with van der Waals surface area (Å²) in [6.07, 6.45) is 3.16. The number of nitrogens with two attached hydrogens (primary N) is 1. The van der Waals surface area contributed by atoms with Gasteiger partial charge >= 0.3 is 0 Å². The lowest BCUT2D eigenvalue weighted by molar-refractivity contribution is -0.139. The van der Waals surface area contributed by atoms with E-state index in [-0.39, 0.29) is 5.96 Å². The number of fused-ring (bicyclic) bond motifs is 3. The van der Waals surface area contributed by atoms with E-state index in [0.29, 0.717) is 32.2 Å². The summed E-state index contributed by atoms with van der Waals surface area (Å²) >= 11 is 0. The minimum Gasteiger partial charge on any atom is -0.384 e. The van der Waals surface area contributed by atoms with Crippen LogP contribution in [0.25, 0.3) is 0 Å². The van der Waals surface area contributed by atoms with Gasteiger partial charge in [-0.3, -0.25) is 9.69 Å². The van der Waals surface area contributed by atoms with E-state index >= 15 is 0 Å². The predicted octanol–water partition coefficient (Wildman–Crippen LogP) is 3.65. The average Bonchev–Trinajstić information content (AvgIpc) is 3.19. The standard InChI is InChI=1S/C25H35F2N3O3/c1-3-33-12-4-5-17-6-7-19-14-24(10-8-18(9-11-24)16-32-2)25(20(19)13-17)22(31)30(15-21(26)27)23(28)29-25/h6-7,13,18,21H,3-5,8-12,14-16H2,1-2H3,(H2,28,29). The van der Waals surface area contributed by atoms with Crippen molar-refractivity contribution in [3.8, 4) is 0 Å². The van der Waals surface area contributed by atoms with Crippen molar-refractivity contribution in [3.63, 3.8) is 0 Å². The zero-order valence-corrected chi connectivity index (χ0v) is 19.6. The first-order chi connectivity index (χ1) is 15.9. The number of nitrogens with zero attached hydrogens (tertiary/aromatic N) is 2. The molecule has 1 saturated carbocycles. The fourth-order valence-corrected chi connectivity index (χ4v) is 6.16. The number of aliphatic imine (C=N–C) groups is 1. The number of aryl methyl sites for hydroxylation is 1. The molecule has 1 fully saturated rings. The molecule has 1 unspecified atom stereocenters. The third-order valence-electron chi connectivity index (χ3n) is 7.72. The number of hydrogen-bond donors (Lipinski definition) is 1. The van der Waals surface area contributed by atoms with Crippen LogP contribution in [0.15, 0.2) is 23.2 Å². The van der Waals surface area contributed by atoms with Gasteiger partial charge in [0, 0.05) is 32.3 Å². The van der Waals surface area contributed by atoms with Crippen LogP contribution < -0.4 is 5.73 Å². The van der Waals surface area contributed by atoms with Crippen LogP contribution in [-0.4, -0.2) is 56.7 Å². The van der Waals surface area contributed by atoms with E-state index in [4.69, 9.17) is 20.2 Å². The van der Waals surface area contributed by atoms with E-state index in [1.165, 1.54) is 0 Å². The molecule has 1 amide bonds. The number of hydrogen-bond acceptors (Lipinski definition) is 5. The van der Waals surface area contributed by atoms with Gasteiger partial charge in [-0.2, -0.15) is 0 Å². The highest BCUT2D eigenvalue weighted by Gasteiger charge is 2.66. The minimum atomic E-state index is -2.67. The topological polar surface area (TPSA) is 77.2 Å². The Morgan fingerprint density at radius 1 is 1.30 bits per heavy atom. The summed E-state index contributed by atoms with van der Waals surface area (Å²) in [7, 11) is 1.71. The highest BCUT2D eigenvalue weighted by atomic mass is 19.3. The highest BCUT2D eigenvalue weighted by Crippen LogP contribution is 2.62. The summed E-state index contributed by atoms with van der Waals surface area (Å²) in [6.45, 7) is 3.30. The largest absolute Gasteiger partial charge is 0.384 e. The third-order valence-corrected chi connectivity index (χ3v) is 7.72. The summed E-state index contributed by atoms with van der Waals surface area (Å²) in [5.41, 5.74) is 7.51. The maximum atomic E-state index is 13.9. The van der Waals surface area contributed by atoms with Gasteiger partial charge in [0.15, 0.2) is 11.5 Å². The van der Waals surface area contributed by atoms with Gasteiger partial charge in [-0.25, -0.2) is 13.8 Å². The number of halogens is 2. The Balaban J connectivity index is 1.71. The van der Waals surface area contributed by atoms with Gasteiger partial charge < -0.3 is 15.2 Å². The van der Waals surface area contributed by atoms with E-state index in [9.17, 15) is 13.6 Å². The van der Waals surface area contributed by atoms with Gasteiger partial charge in [-0.05, 0) is 74.5 Å². The summed E-state index contributed by atoms with van der Waals surface area (Å²) in [4.78, 5) is 19.6. The second-order valence-electron chi connectivity index (χ2n) is 9.64. The van der Waals surface area contributed by atoms with Gasteiger partial charge in [-0.1, -0.05) is 18.2 Å². The van der Waals surface area contributed by atoms with Crippen LogP contribution in [0, 0.1) is 11.3 Å². The zero-order valence-electron chi connectivity index (χ0n) is 19.6. The number of carbonyl (C=O) groups is 1. The summed E-state index contributed by atoms with van der Waals surface area (Å²) in [5, 5.41) is 0. The van der Waals surface area contributed by atoms with Crippen LogP contribution >= 0.6 is 0 Å². The fourth-order valence-electron chi connectivity index (χ4n) is 6.16. The van der Waals surface area contributed by atoms with Gasteiger partial charge in [-0.15, -0.1) is 0 Å². The second kappa shape index (κ2) is 9.66. The Hall–Kier alpha value is -2.06. The first-order valence-electron chi connectivity index (χ1n) is 12.0. The molecule has 0 bridgehead atoms. The van der Waals surface area contributed by atoms with Gasteiger partial charge in [0.05, 0.1) is 6.54 Å². The van der Waals surface area contributed by atoms with Crippen molar-refractivity contribution in [2.24, 2.45) is 22.1 Å². The molecule has 0 saturated heterocycles. The third kappa shape index (κ3) is 4.16. The Morgan fingerprint density at radius 2 is 2.06 bits per heavy atom. The minimum absolute atomic E-state index is 0.0895. The number of guanidine groups is 1. The van der Waals surface area contributed by atoms with E-state index in [0.717, 1.165) is 60.1 Å². The molecule has 33 heavy (non-hydrogen) atoms. The molecule has 182 valence electrons. The molecule has 0 aromatic heterocycles. The molecule has 2 aliphatic carbocycles. The number of alkyl halides is 2. The molecule has 1 aromatic carbocycles. The summed E-state index contributed by atoms with van der Waals surface area (Å²) in [6, 6.07) is 6.27. The number of carbonyl (C=O) groups excluding carboxylic acids is 1. The lowest BCUT2D eigenvalue weighted by Crippen LogP contribution is -2.52. The van der Waals surface area contributed by atoms with Gasteiger partial charge in [0.25, 0.3) is 12.3 Å². The summed E-state index contributed by atoms with van der Waals surface area (Å²) < 4.78 is 37.4. The Morgan fingerprint density at radius 3 is 2.73 bits per heavy atom. The van der Waals surface area contributed by atoms with Gasteiger partial charge in [0.2, 0.25) is 0 Å². The molecular weight excluding hydrogens is 428 g/mol. The molecular formula is C25H35F2N3O3. The number of methoxy groups -OCH3 is 1. The van der Waals surface area contributed by atoms with Crippen molar-refractivity contribution < 1.29 is 23.0 Å². The Labute approximate surface area is 194 Å². The maximum absolute atomic E-state index is 13.9. The SMILES string of the molecule is CCOCCCc1ccc2c(c1)C1(N=C(N)N(CC(F)F)C1=O)C1(CCC(COC)CC1)C2. The number of ether oxygens (including phenoxy) is 2. The van der Waals surface area contributed by atoms with E-state index in [1.54, 1.807) is 7.11 Å². The van der Waals surface area contributed by atoms with E-state index < -0.39 is 29.8 Å². The molecule has 3 aliphatic rings. The molecule has 2 spiro atoms. The van der Waals surface area contributed by atoms with Crippen molar-refractivity contribution in [1.82, 2.24) is 4.90 Å². The predicted molar refractivity (Wildman–Crippen MR) is 122 cm³/mol. The molecule has 1 atom stereocenters. The maximum Gasteiger partial charge on any atom is 0.262 e. The summed E-state index contributed by atoms with van der Waals surface area (Å²) in [5.74, 6) is -0.0468. The van der Waals surface area contributed by atoms with Crippen molar-refractivity contribution >= 4 is 11.9 Å². The van der Waals surface area contributed by atoms with E-state index in [2.05, 4.69) is 18.2 Å². The first-order valence-corrected chi connectivity index (χ1v) is 12.0.